The standard InChI is InChI=1S/C17H19FN2O2/c1-12-10-22-16(20-12)9-8-15(21)19-11-17(2,3)13-4-6-14(18)7-5-13/h4-10H,11H2,1-3H3,(H,19,21). The highest BCUT2D eigenvalue weighted by Crippen LogP contribution is 2.22. The Kier molecular flexibility index (Phi) is 4.75. The van der Waals surface area contributed by atoms with Gasteiger partial charge in [-0.2, -0.15) is 0 Å². The number of amides is 1. The van der Waals surface area contributed by atoms with E-state index in [0.717, 1.165) is 11.3 Å². The summed E-state index contributed by atoms with van der Waals surface area (Å²) in [5, 5.41) is 2.82. The van der Waals surface area contributed by atoms with Crippen molar-refractivity contribution in [3.63, 3.8) is 0 Å². The lowest BCUT2D eigenvalue weighted by atomic mass is 9.84. The molecule has 0 atom stereocenters. The summed E-state index contributed by atoms with van der Waals surface area (Å²) in [7, 11) is 0. The van der Waals surface area contributed by atoms with E-state index in [2.05, 4.69) is 10.3 Å². The molecule has 2 rings (SSSR count). The maximum Gasteiger partial charge on any atom is 0.244 e. The van der Waals surface area contributed by atoms with Gasteiger partial charge in [0.15, 0.2) is 0 Å². The van der Waals surface area contributed by atoms with E-state index in [1.165, 1.54) is 30.5 Å². The largest absolute Gasteiger partial charge is 0.445 e. The minimum absolute atomic E-state index is 0.231. The zero-order valence-electron chi connectivity index (χ0n) is 12.9. The molecule has 1 aromatic heterocycles. The van der Waals surface area contributed by atoms with Crippen LogP contribution in [0.1, 0.15) is 31.0 Å². The van der Waals surface area contributed by atoms with Gasteiger partial charge in [-0.1, -0.05) is 26.0 Å². The van der Waals surface area contributed by atoms with Gasteiger partial charge in [-0.25, -0.2) is 9.37 Å². The Morgan fingerprint density at radius 2 is 2.05 bits per heavy atom. The Labute approximate surface area is 129 Å². The third-order valence-electron chi connectivity index (χ3n) is 3.34. The molecule has 22 heavy (non-hydrogen) atoms. The van der Waals surface area contributed by atoms with Crippen LogP contribution in [0, 0.1) is 12.7 Å². The Bertz CT molecular complexity index is 672. The van der Waals surface area contributed by atoms with Gasteiger partial charge in [0, 0.05) is 24.1 Å². The lowest BCUT2D eigenvalue weighted by molar-refractivity contribution is -0.116. The molecule has 0 saturated carbocycles. The average molecular weight is 302 g/mol. The van der Waals surface area contributed by atoms with E-state index in [1.807, 2.05) is 20.8 Å². The molecule has 0 unspecified atom stereocenters. The molecule has 0 aliphatic rings. The van der Waals surface area contributed by atoms with Crippen molar-refractivity contribution in [3.8, 4) is 0 Å². The second kappa shape index (κ2) is 6.56. The Morgan fingerprint density at radius 3 is 2.64 bits per heavy atom. The van der Waals surface area contributed by atoms with Crippen molar-refractivity contribution in [3.05, 3.63) is 59.6 Å². The molecule has 0 aliphatic heterocycles. The van der Waals surface area contributed by atoms with Crippen LogP contribution < -0.4 is 5.32 Å². The number of halogens is 1. The predicted octanol–water partition coefficient (Wildman–Crippen LogP) is 3.23. The van der Waals surface area contributed by atoms with Crippen LogP contribution in [-0.4, -0.2) is 17.4 Å². The number of hydrogen-bond donors (Lipinski definition) is 1. The average Bonchev–Trinajstić information content (AvgIpc) is 2.89. The quantitative estimate of drug-likeness (QED) is 0.863. The van der Waals surface area contributed by atoms with Crippen LogP contribution in [0.3, 0.4) is 0 Å². The summed E-state index contributed by atoms with van der Waals surface area (Å²) in [5.41, 5.74) is 1.43. The summed E-state index contributed by atoms with van der Waals surface area (Å²) in [6.07, 6.45) is 4.43. The number of oxazole rings is 1. The van der Waals surface area contributed by atoms with Crippen LogP contribution in [0.5, 0.6) is 0 Å². The van der Waals surface area contributed by atoms with Crippen molar-refractivity contribution in [2.75, 3.05) is 6.54 Å². The molecule has 4 nitrogen and oxygen atoms in total. The molecular formula is C17H19FN2O2. The summed E-state index contributed by atoms with van der Waals surface area (Å²) < 4.78 is 18.1. The number of nitrogens with zero attached hydrogens (tertiary/aromatic N) is 1. The molecule has 116 valence electrons. The number of carbonyl (C=O) groups is 1. The molecular weight excluding hydrogens is 283 g/mol. The Balaban J connectivity index is 1.92. The highest BCUT2D eigenvalue weighted by molar-refractivity contribution is 5.91. The van der Waals surface area contributed by atoms with Gasteiger partial charge in [0.2, 0.25) is 11.8 Å². The first-order valence-corrected chi connectivity index (χ1v) is 7.01. The maximum absolute atomic E-state index is 13.0. The number of aryl methyl sites for hydroxylation is 1. The first-order chi connectivity index (χ1) is 10.4. The topological polar surface area (TPSA) is 55.1 Å². The fourth-order valence-corrected chi connectivity index (χ4v) is 1.97. The van der Waals surface area contributed by atoms with Gasteiger partial charge in [0.1, 0.15) is 12.1 Å². The highest BCUT2D eigenvalue weighted by atomic mass is 19.1. The summed E-state index contributed by atoms with van der Waals surface area (Å²) in [5.74, 6) is -0.107. The summed E-state index contributed by atoms with van der Waals surface area (Å²) in [4.78, 5) is 15.9. The second-order valence-electron chi connectivity index (χ2n) is 5.77. The zero-order valence-corrected chi connectivity index (χ0v) is 12.9. The number of hydrogen-bond acceptors (Lipinski definition) is 3. The zero-order chi connectivity index (χ0) is 16.2. The van der Waals surface area contributed by atoms with Crippen LogP contribution >= 0.6 is 0 Å². The van der Waals surface area contributed by atoms with Crippen molar-refractivity contribution < 1.29 is 13.6 Å². The highest BCUT2D eigenvalue weighted by Gasteiger charge is 2.20. The molecule has 0 aliphatic carbocycles. The third-order valence-corrected chi connectivity index (χ3v) is 3.34. The van der Waals surface area contributed by atoms with Gasteiger partial charge in [0.25, 0.3) is 0 Å². The molecule has 0 fully saturated rings. The van der Waals surface area contributed by atoms with Crippen LogP contribution in [0.2, 0.25) is 0 Å². The molecule has 0 bridgehead atoms. The number of carbonyl (C=O) groups excluding carboxylic acids is 1. The second-order valence-corrected chi connectivity index (χ2v) is 5.77. The van der Waals surface area contributed by atoms with E-state index >= 15 is 0 Å². The smallest absolute Gasteiger partial charge is 0.244 e. The van der Waals surface area contributed by atoms with Crippen LogP contribution in [0.25, 0.3) is 6.08 Å². The minimum Gasteiger partial charge on any atom is -0.445 e. The van der Waals surface area contributed by atoms with Gasteiger partial charge in [-0.3, -0.25) is 4.79 Å². The molecule has 1 aromatic carbocycles. The van der Waals surface area contributed by atoms with E-state index in [1.54, 1.807) is 12.1 Å². The number of aromatic nitrogens is 1. The first-order valence-electron chi connectivity index (χ1n) is 7.01. The molecule has 0 spiro atoms. The van der Waals surface area contributed by atoms with Crippen molar-refractivity contribution in [1.82, 2.24) is 10.3 Å². The van der Waals surface area contributed by atoms with E-state index in [0.29, 0.717) is 12.4 Å². The molecule has 5 heteroatoms. The third kappa shape index (κ3) is 4.28. The van der Waals surface area contributed by atoms with Gasteiger partial charge in [-0.05, 0) is 24.6 Å². The van der Waals surface area contributed by atoms with Crippen LogP contribution in [0.4, 0.5) is 4.39 Å². The molecule has 2 aromatic rings. The molecule has 1 amide bonds. The summed E-state index contributed by atoms with van der Waals surface area (Å²) in [6, 6.07) is 6.30. The normalized spacial score (nSPS) is 11.8. The van der Waals surface area contributed by atoms with E-state index in [9.17, 15) is 9.18 Å². The molecule has 1 N–H and O–H groups in total. The van der Waals surface area contributed by atoms with E-state index < -0.39 is 0 Å². The van der Waals surface area contributed by atoms with Crippen LogP contribution in [0.15, 0.2) is 41.0 Å². The van der Waals surface area contributed by atoms with Gasteiger partial charge >= 0.3 is 0 Å². The summed E-state index contributed by atoms with van der Waals surface area (Å²) in [6.45, 7) is 6.22. The number of nitrogens with one attached hydrogen (secondary N) is 1. The lowest BCUT2D eigenvalue weighted by Crippen LogP contribution is -2.35. The van der Waals surface area contributed by atoms with Crippen molar-refractivity contribution in [2.45, 2.75) is 26.2 Å². The van der Waals surface area contributed by atoms with Crippen molar-refractivity contribution in [2.24, 2.45) is 0 Å². The van der Waals surface area contributed by atoms with Gasteiger partial charge in [-0.15, -0.1) is 0 Å². The van der Waals surface area contributed by atoms with Gasteiger partial charge < -0.3 is 9.73 Å². The molecule has 0 radical (unpaired) electrons. The monoisotopic (exact) mass is 302 g/mol. The summed E-state index contributed by atoms with van der Waals surface area (Å²) >= 11 is 0. The Morgan fingerprint density at radius 1 is 1.36 bits per heavy atom. The van der Waals surface area contributed by atoms with E-state index in [-0.39, 0.29) is 17.1 Å². The fraction of sp³-hybridized carbons (Fsp3) is 0.294. The Hall–Kier alpha value is -2.43. The first kappa shape index (κ1) is 15.9. The van der Waals surface area contributed by atoms with E-state index in [4.69, 9.17) is 4.42 Å². The number of rotatable bonds is 5. The van der Waals surface area contributed by atoms with Crippen molar-refractivity contribution >= 4 is 12.0 Å². The predicted molar refractivity (Wildman–Crippen MR) is 82.7 cm³/mol. The van der Waals surface area contributed by atoms with Crippen molar-refractivity contribution in [1.29, 1.82) is 0 Å². The SMILES string of the molecule is Cc1coc(C=CC(=O)NCC(C)(C)c2ccc(F)cc2)n1. The van der Waals surface area contributed by atoms with Gasteiger partial charge in [0.05, 0.1) is 5.69 Å². The fourth-order valence-electron chi connectivity index (χ4n) is 1.97. The van der Waals surface area contributed by atoms with Crippen LogP contribution in [-0.2, 0) is 10.2 Å². The minimum atomic E-state index is -0.295. The lowest BCUT2D eigenvalue weighted by Gasteiger charge is -2.25. The number of benzene rings is 1. The maximum atomic E-state index is 13.0. The molecule has 0 saturated heterocycles. The molecule has 1 heterocycles.